The summed E-state index contributed by atoms with van der Waals surface area (Å²) in [5.41, 5.74) is 3.52. The van der Waals surface area contributed by atoms with E-state index in [2.05, 4.69) is 29.1 Å². The maximum atomic E-state index is 9.20. The number of aliphatic hydroxyl groups excluding tert-OH is 1. The molecule has 1 N–H and O–H groups in total. The monoisotopic (exact) mass is 259 g/mol. The van der Waals surface area contributed by atoms with Gasteiger partial charge in [0.25, 0.3) is 0 Å². The van der Waals surface area contributed by atoms with Gasteiger partial charge in [-0.15, -0.1) is 0 Å². The molecule has 0 saturated heterocycles. The molecule has 0 bridgehead atoms. The third-order valence-electron chi connectivity index (χ3n) is 3.15. The fourth-order valence-electron chi connectivity index (χ4n) is 2.22. The van der Waals surface area contributed by atoms with Crippen molar-refractivity contribution in [3.8, 4) is 0 Å². The molecule has 1 aromatic carbocycles. The predicted molar refractivity (Wildman–Crippen MR) is 75.6 cm³/mol. The van der Waals surface area contributed by atoms with E-state index in [-0.39, 0.29) is 6.61 Å². The number of benzene rings is 1. The molecule has 0 unspecified atom stereocenters. The van der Waals surface area contributed by atoms with Crippen LogP contribution < -0.4 is 0 Å². The molecule has 1 aromatic heterocycles. The predicted octanol–water partition coefficient (Wildman–Crippen LogP) is 1.72. The Kier molecular flexibility index (Phi) is 4.71. The molecule has 102 valence electrons. The fourth-order valence-corrected chi connectivity index (χ4v) is 2.22. The molecule has 4 nitrogen and oxygen atoms in total. The Bertz CT molecular complexity index is 507. The molecular formula is C15H21N3O. The van der Waals surface area contributed by atoms with Crippen molar-refractivity contribution in [3.63, 3.8) is 0 Å². The summed E-state index contributed by atoms with van der Waals surface area (Å²) in [4.78, 5) is 2.21. The lowest BCUT2D eigenvalue weighted by Crippen LogP contribution is -2.26. The summed E-state index contributed by atoms with van der Waals surface area (Å²) in [6.45, 7) is 4.49. The van der Waals surface area contributed by atoms with Gasteiger partial charge in [-0.1, -0.05) is 30.3 Å². The van der Waals surface area contributed by atoms with E-state index in [1.165, 1.54) is 11.1 Å². The van der Waals surface area contributed by atoms with Crippen molar-refractivity contribution in [1.29, 1.82) is 0 Å². The molecule has 2 aromatic rings. The average Bonchev–Trinajstić information content (AvgIpc) is 2.69. The first-order valence-electron chi connectivity index (χ1n) is 6.55. The molecule has 0 saturated carbocycles. The lowest BCUT2D eigenvalue weighted by molar-refractivity contribution is 0.182. The van der Waals surface area contributed by atoms with Gasteiger partial charge in [0.1, 0.15) is 0 Å². The second-order valence-electron chi connectivity index (χ2n) is 4.85. The first kappa shape index (κ1) is 13.8. The topological polar surface area (TPSA) is 41.3 Å². The molecule has 0 fully saturated rings. The van der Waals surface area contributed by atoms with Gasteiger partial charge >= 0.3 is 0 Å². The first-order valence-corrected chi connectivity index (χ1v) is 6.55. The van der Waals surface area contributed by atoms with E-state index in [1.54, 1.807) is 0 Å². The van der Waals surface area contributed by atoms with E-state index < -0.39 is 0 Å². The molecule has 19 heavy (non-hydrogen) atoms. The van der Waals surface area contributed by atoms with Crippen LogP contribution in [0.2, 0.25) is 0 Å². The van der Waals surface area contributed by atoms with Crippen LogP contribution in [0.3, 0.4) is 0 Å². The Morgan fingerprint density at radius 3 is 2.53 bits per heavy atom. The van der Waals surface area contributed by atoms with Crippen molar-refractivity contribution in [1.82, 2.24) is 14.7 Å². The molecule has 0 aliphatic heterocycles. The minimum Gasteiger partial charge on any atom is -0.395 e. The Hall–Kier alpha value is -1.65. The molecule has 1 heterocycles. The van der Waals surface area contributed by atoms with Crippen molar-refractivity contribution in [2.75, 3.05) is 13.2 Å². The summed E-state index contributed by atoms with van der Waals surface area (Å²) in [6.07, 6.45) is 2.02. The van der Waals surface area contributed by atoms with Crippen LogP contribution in [0.1, 0.15) is 16.8 Å². The Labute approximate surface area is 114 Å². The second kappa shape index (κ2) is 6.50. The standard InChI is InChI=1S/C15H21N3O/c1-13-10-17(2)16-15(13)12-18(8-9-19)11-14-6-4-3-5-7-14/h3-7,10,19H,8-9,11-12H2,1-2H3. The number of aryl methyl sites for hydroxylation is 2. The maximum absolute atomic E-state index is 9.20. The van der Waals surface area contributed by atoms with Gasteiger partial charge in [-0.3, -0.25) is 9.58 Å². The Morgan fingerprint density at radius 2 is 1.95 bits per heavy atom. The summed E-state index contributed by atoms with van der Waals surface area (Å²) in [5.74, 6) is 0. The number of hydrogen-bond donors (Lipinski definition) is 1. The highest BCUT2D eigenvalue weighted by atomic mass is 16.3. The van der Waals surface area contributed by atoms with Crippen molar-refractivity contribution in [3.05, 3.63) is 53.3 Å². The molecule has 0 atom stereocenters. The van der Waals surface area contributed by atoms with Gasteiger partial charge in [0.2, 0.25) is 0 Å². The molecule has 4 heteroatoms. The highest BCUT2D eigenvalue weighted by Gasteiger charge is 2.10. The lowest BCUT2D eigenvalue weighted by Gasteiger charge is -2.20. The summed E-state index contributed by atoms with van der Waals surface area (Å²) in [5, 5.41) is 13.7. The van der Waals surface area contributed by atoms with Crippen LogP contribution in [-0.4, -0.2) is 32.9 Å². The van der Waals surface area contributed by atoms with Gasteiger partial charge in [0.05, 0.1) is 12.3 Å². The first-order chi connectivity index (χ1) is 9.19. The van der Waals surface area contributed by atoms with Crippen molar-refractivity contribution in [2.24, 2.45) is 7.05 Å². The van der Waals surface area contributed by atoms with Crippen molar-refractivity contribution in [2.45, 2.75) is 20.0 Å². The zero-order chi connectivity index (χ0) is 13.7. The van der Waals surface area contributed by atoms with Crippen LogP contribution in [0.15, 0.2) is 36.5 Å². The largest absolute Gasteiger partial charge is 0.395 e. The minimum absolute atomic E-state index is 0.165. The van der Waals surface area contributed by atoms with Crippen LogP contribution in [0, 0.1) is 6.92 Å². The summed E-state index contributed by atoms with van der Waals surface area (Å²) >= 11 is 0. The normalized spacial score (nSPS) is 11.2. The molecular weight excluding hydrogens is 238 g/mol. The quantitative estimate of drug-likeness (QED) is 0.859. The zero-order valence-electron chi connectivity index (χ0n) is 11.6. The van der Waals surface area contributed by atoms with E-state index >= 15 is 0 Å². The molecule has 0 aliphatic carbocycles. The van der Waals surface area contributed by atoms with Crippen molar-refractivity contribution < 1.29 is 5.11 Å². The number of hydrogen-bond acceptors (Lipinski definition) is 3. The number of aliphatic hydroxyl groups is 1. The minimum atomic E-state index is 0.165. The third kappa shape index (κ3) is 3.91. The van der Waals surface area contributed by atoms with Crippen LogP contribution in [0.5, 0.6) is 0 Å². The molecule has 0 spiro atoms. The van der Waals surface area contributed by atoms with Crippen LogP contribution in [0.25, 0.3) is 0 Å². The highest BCUT2D eigenvalue weighted by Crippen LogP contribution is 2.11. The van der Waals surface area contributed by atoms with E-state index in [4.69, 9.17) is 0 Å². The van der Waals surface area contributed by atoms with Crippen LogP contribution >= 0.6 is 0 Å². The summed E-state index contributed by atoms with van der Waals surface area (Å²) in [6, 6.07) is 10.3. The Morgan fingerprint density at radius 1 is 1.21 bits per heavy atom. The molecule has 2 rings (SSSR count). The number of rotatable bonds is 6. The van der Waals surface area contributed by atoms with Gasteiger partial charge < -0.3 is 5.11 Å². The van der Waals surface area contributed by atoms with E-state index in [9.17, 15) is 5.11 Å². The molecule has 0 radical (unpaired) electrons. The van der Waals surface area contributed by atoms with Gasteiger partial charge in [-0.25, -0.2) is 0 Å². The van der Waals surface area contributed by atoms with E-state index in [0.29, 0.717) is 6.54 Å². The molecule has 0 aliphatic rings. The number of nitrogens with zero attached hydrogens (tertiary/aromatic N) is 3. The second-order valence-corrected chi connectivity index (χ2v) is 4.85. The number of aromatic nitrogens is 2. The van der Waals surface area contributed by atoms with Crippen molar-refractivity contribution >= 4 is 0 Å². The smallest absolute Gasteiger partial charge is 0.0793 e. The van der Waals surface area contributed by atoms with E-state index in [1.807, 2.05) is 36.1 Å². The van der Waals surface area contributed by atoms with Gasteiger partial charge in [-0.2, -0.15) is 5.10 Å². The van der Waals surface area contributed by atoms with E-state index in [0.717, 1.165) is 18.8 Å². The Balaban J connectivity index is 2.06. The summed E-state index contributed by atoms with van der Waals surface area (Å²) < 4.78 is 1.84. The maximum Gasteiger partial charge on any atom is 0.0793 e. The van der Waals surface area contributed by atoms with Crippen LogP contribution in [-0.2, 0) is 20.1 Å². The third-order valence-corrected chi connectivity index (χ3v) is 3.15. The average molecular weight is 259 g/mol. The zero-order valence-corrected chi connectivity index (χ0v) is 11.6. The SMILES string of the molecule is Cc1cn(C)nc1CN(CCO)Cc1ccccc1. The highest BCUT2D eigenvalue weighted by molar-refractivity contribution is 5.17. The van der Waals surface area contributed by atoms with Crippen LogP contribution in [0.4, 0.5) is 0 Å². The fraction of sp³-hybridized carbons (Fsp3) is 0.400. The van der Waals surface area contributed by atoms with Gasteiger partial charge in [0, 0.05) is 32.9 Å². The van der Waals surface area contributed by atoms with Gasteiger partial charge in [0.15, 0.2) is 0 Å². The lowest BCUT2D eigenvalue weighted by atomic mass is 10.2. The molecule has 0 amide bonds. The summed E-state index contributed by atoms with van der Waals surface area (Å²) in [7, 11) is 1.93. The van der Waals surface area contributed by atoms with Gasteiger partial charge in [-0.05, 0) is 18.1 Å².